The van der Waals surface area contributed by atoms with Crippen LogP contribution in [0.5, 0.6) is 0 Å². The minimum atomic E-state index is -0.243. The van der Waals surface area contributed by atoms with E-state index in [9.17, 15) is 9.18 Å². The number of hydrogen-bond acceptors (Lipinski definition) is 3. The zero-order valence-corrected chi connectivity index (χ0v) is 16.0. The SMILES string of the molecule is O=C(N1CCN2CCC1CC2)n1nc(-c2ccc(F)cc2)c2c1[C@@H]1CC[C@@H]2C1. The Balaban J connectivity index is 1.44. The maximum Gasteiger partial charge on any atom is 0.345 e. The Morgan fingerprint density at radius 1 is 0.964 bits per heavy atom. The van der Waals surface area contributed by atoms with Gasteiger partial charge >= 0.3 is 6.03 Å². The van der Waals surface area contributed by atoms with Gasteiger partial charge in [-0.15, -0.1) is 0 Å². The van der Waals surface area contributed by atoms with Gasteiger partial charge in [0.15, 0.2) is 0 Å². The minimum Gasteiger partial charge on any atom is -0.318 e. The summed E-state index contributed by atoms with van der Waals surface area (Å²) in [5, 5.41) is 4.85. The lowest BCUT2D eigenvalue weighted by molar-refractivity contribution is 0.168. The monoisotopic (exact) mass is 380 g/mol. The van der Waals surface area contributed by atoms with Gasteiger partial charge in [0.25, 0.3) is 0 Å². The van der Waals surface area contributed by atoms with Gasteiger partial charge in [-0.1, -0.05) is 0 Å². The molecule has 1 aromatic heterocycles. The first-order chi connectivity index (χ1) is 13.7. The van der Waals surface area contributed by atoms with Crippen LogP contribution in [0.1, 0.15) is 55.2 Å². The van der Waals surface area contributed by atoms with E-state index in [0.717, 1.165) is 68.8 Å². The van der Waals surface area contributed by atoms with Gasteiger partial charge in [-0.3, -0.25) is 0 Å². The molecule has 2 atom stereocenters. The third-order valence-corrected chi connectivity index (χ3v) is 7.39. The van der Waals surface area contributed by atoms with Crippen molar-refractivity contribution in [1.29, 1.82) is 0 Å². The first-order valence-electron chi connectivity index (χ1n) is 10.6. The van der Waals surface area contributed by atoms with E-state index in [1.807, 2.05) is 0 Å². The molecule has 3 saturated heterocycles. The normalized spacial score (nSPS) is 30.5. The van der Waals surface area contributed by atoms with Crippen LogP contribution in [0.15, 0.2) is 24.3 Å². The number of amides is 1. The van der Waals surface area contributed by atoms with Crippen molar-refractivity contribution < 1.29 is 9.18 Å². The fourth-order valence-electron chi connectivity index (χ4n) is 5.96. The molecule has 0 radical (unpaired) electrons. The van der Waals surface area contributed by atoms with Crippen molar-refractivity contribution in [1.82, 2.24) is 19.6 Å². The lowest BCUT2D eigenvalue weighted by Gasteiger charge is -2.31. The highest BCUT2D eigenvalue weighted by molar-refractivity contribution is 5.81. The number of piperidine rings is 1. The van der Waals surface area contributed by atoms with E-state index in [1.54, 1.807) is 16.8 Å². The summed E-state index contributed by atoms with van der Waals surface area (Å²) in [6.07, 6.45) is 5.58. The van der Waals surface area contributed by atoms with E-state index in [2.05, 4.69) is 9.80 Å². The second kappa shape index (κ2) is 6.14. The van der Waals surface area contributed by atoms with Crippen LogP contribution in [0.3, 0.4) is 0 Å². The molecule has 4 heterocycles. The molecule has 146 valence electrons. The molecule has 4 bridgehead atoms. The van der Waals surface area contributed by atoms with Gasteiger partial charge in [0.2, 0.25) is 0 Å². The van der Waals surface area contributed by atoms with Crippen LogP contribution < -0.4 is 0 Å². The zero-order valence-electron chi connectivity index (χ0n) is 16.0. The Hall–Kier alpha value is -2.21. The van der Waals surface area contributed by atoms with Crippen LogP contribution in [0.4, 0.5) is 9.18 Å². The Labute approximate surface area is 164 Å². The predicted molar refractivity (Wildman–Crippen MR) is 104 cm³/mol. The average Bonchev–Trinajstić information content (AvgIpc) is 3.35. The van der Waals surface area contributed by atoms with E-state index in [-0.39, 0.29) is 11.8 Å². The molecule has 2 aliphatic carbocycles. The Kier molecular flexibility index (Phi) is 3.67. The van der Waals surface area contributed by atoms with E-state index >= 15 is 0 Å². The number of rotatable bonds is 1. The fraction of sp³-hybridized carbons (Fsp3) is 0.545. The maximum atomic E-state index is 13.6. The number of carbonyl (C=O) groups excluding carboxylic acids is 1. The van der Waals surface area contributed by atoms with Gasteiger partial charge in [-0.25, -0.2) is 9.18 Å². The highest BCUT2D eigenvalue weighted by Gasteiger charge is 2.45. The number of benzene rings is 1. The fourth-order valence-corrected chi connectivity index (χ4v) is 5.96. The van der Waals surface area contributed by atoms with Crippen molar-refractivity contribution in [2.75, 3.05) is 26.2 Å². The van der Waals surface area contributed by atoms with Gasteiger partial charge in [-0.2, -0.15) is 9.78 Å². The molecule has 3 aliphatic heterocycles. The van der Waals surface area contributed by atoms with Gasteiger partial charge < -0.3 is 9.80 Å². The molecule has 2 aromatic rings. The molecule has 4 fully saturated rings. The van der Waals surface area contributed by atoms with Crippen LogP contribution >= 0.6 is 0 Å². The van der Waals surface area contributed by atoms with Crippen molar-refractivity contribution in [2.24, 2.45) is 0 Å². The Bertz CT molecular complexity index is 929. The second-order valence-electron chi connectivity index (χ2n) is 8.82. The molecule has 0 N–H and O–H groups in total. The van der Waals surface area contributed by atoms with Gasteiger partial charge in [-0.05, 0) is 62.3 Å². The molecule has 5 aliphatic rings. The lowest BCUT2D eigenvalue weighted by atomic mass is 9.93. The lowest BCUT2D eigenvalue weighted by Crippen LogP contribution is -2.44. The van der Waals surface area contributed by atoms with Gasteiger partial charge in [0, 0.05) is 49.3 Å². The smallest absolute Gasteiger partial charge is 0.318 e. The summed E-state index contributed by atoms with van der Waals surface area (Å²) in [6.45, 7) is 3.94. The molecule has 0 spiro atoms. The first-order valence-corrected chi connectivity index (χ1v) is 10.6. The number of hydrogen-bond donors (Lipinski definition) is 0. The standard InChI is InChI=1S/C22H25FN4O/c23-17-5-3-14(4-6-17)20-19-15-1-2-16(13-15)21(19)27(24-20)22(28)26-12-11-25-9-7-18(26)8-10-25/h3-6,15-16,18H,1-2,7-13H2/t15-,16-/m1/s1. The molecule has 1 amide bonds. The molecule has 28 heavy (non-hydrogen) atoms. The summed E-state index contributed by atoms with van der Waals surface area (Å²) < 4.78 is 15.2. The molecule has 0 unspecified atom stereocenters. The highest BCUT2D eigenvalue weighted by atomic mass is 19.1. The minimum absolute atomic E-state index is 0.0471. The largest absolute Gasteiger partial charge is 0.345 e. The van der Waals surface area contributed by atoms with E-state index in [4.69, 9.17) is 5.10 Å². The van der Waals surface area contributed by atoms with Gasteiger partial charge in [0.1, 0.15) is 5.82 Å². The number of nitrogens with zero attached hydrogens (tertiary/aromatic N) is 4. The number of carbonyl (C=O) groups is 1. The van der Waals surface area contributed by atoms with Crippen LogP contribution in [0.2, 0.25) is 0 Å². The molecular weight excluding hydrogens is 355 g/mol. The predicted octanol–water partition coefficient (Wildman–Crippen LogP) is 3.80. The van der Waals surface area contributed by atoms with Crippen molar-refractivity contribution >= 4 is 6.03 Å². The molecule has 6 heteroatoms. The third kappa shape index (κ3) is 2.40. The number of halogens is 1. The molecule has 1 aromatic carbocycles. The van der Waals surface area contributed by atoms with Crippen molar-refractivity contribution in [3.63, 3.8) is 0 Å². The van der Waals surface area contributed by atoms with Crippen molar-refractivity contribution in [3.8, 4) is 11.3 Å². The van der Waals surface area contributed by atoms with Crippen LogP contribution in [0.25, 0.3) is 11.3 Å². The van der Waals surface area contributed by atoms with Crippen LogP contribution in [-0.4, -0.2) is 57.8 Å². The number of fused-ring (bicyclic) bond motifs is 9. The topological polar surface area (TPSA) is 41.4 Å². The van der Waals surface area contributed by atoms with Crippen molar-refractivity contribution in [3.05, 3.63) is 41.3 Å². The molecule has 7 rings (SSSR count). The van der Waals surface area contributed by atoms with E-state index in [0.29, 0.717) is 17.9 Å². The summed E-state index contributed by atoms with van der Waals surface area (Å²) in [5.74, 6) is 0.693. The Morgan fingerprint density at radius 2 is 1.71 bits per heavy atom. The summed E-state index contributed by atoms with van der Waals surface area (Å²) in [7, 11) is 0. The summed E-state index contributed by atoms with van der Waals surface area (Å²) in [6, 6.07) is 6.93. The van der Waals surface area contributed by atoms with E-state index < -0.39 is 0 Å². The third-order valence-electron chi connectivity index (χ3n) is 7.39. The maximum absolute atomic E-state index is 13.6. The average molecular weight is 380 g/mol. The van der Waals surface area contributed by atoms with Gasteiger partial charge in [0.05, 0.1) is 11.4 Å². The first kappa shape index (κ1) is 16.7. The van der Waals surface area contributed by atoms with Crippen molar-refractivity contribution in [2.45, 2.75) is 50.0 Å². The highest BCUT2D eigenvalue weighted by Crippen LogP contribution is 2.55. The quantitative estimate of drug-likeness (QED) is 0.756. The van der Waals surface area contributed by atoms with Crippen LogP contribution in [-0.2, 0) is 0 Å². The zero-order chi connectivity index (χ0) is 18.8. The second-order valence-corrected chi connectivity index (χ2v) is 8.82. The Morgan fingerprint density at radius 3 is 2.50 bits per heavy atom. The summed E-state index contributed by atoms with van der Waals surface area (Å²) in [5.41, 5.74) is 4.19. The molecular formula is C22H25FN4O. The number of aromatic nitrogens is 2. The van der Waals surface area contributed by atoms with E-state index in [1.165, 1.54) is 24.1 Å². The van der Waals surface area contributed by atoms with Crippen LogP contribution in [0, 0.1) is 5.82 Å². The molecule has 1 saturated carbocycles. The summed E-state index contributed by atoms with van der Waals surface area (Å²) >= 11 is 0. The molecule has 5 nitrogen and oxygen atoms in total. The summed E-state index contributed by atoms with van der Waals surface area (Å²) in [4.78, 5) is 18.2.